The molecule has 22 heteroatoms. The number of halogens is 6. The van der Waals surface area contributed by atoms with E-state index in [0.717, 1.165) is 78.7 Å². The largest absolute Gasteiger partial charge is 0.465 e. The topological polar surface area (TPSA) is 170 Å². The quantitative estimate of drug-likeness (QED) is 0.0536. The van der Waals surface area contributed by atoms with Gasteiger partial charge < -0.3 is 35.1 Å². The molecule has 0 bridgehead atoms. The van der Waals surface area contributed by atoms with Crippen LogP contribution in [0.1, 0.15) is 114 Å². The van der Waals surface area contributed by atoms with Gasteiger partial charge >= 0.3 is 30.4 Å². The summed E-state index contributed by atoms with van der Waals surface area (Å²) < 4.78 is 92.4. The molecule has 0 unspecified atom stereocenters. The molecule has 4 atom stereocenters. The average molecular weight is 1060 g/mol. The molecule has 73 heavy (non-hydrogen) atoms. The lowest BCUT2D eigenvalue weighted by molar-refractivity contribution is -0.127. The summed E-state index contributed by atoms with van der Waals surface area (Å²) in [6, 6.07) is 17.5. The molecule has 2 aliphatic carbocycles. The number of alkyl halides is 6. The number of hydrogen-bond acceptors (Lipinski definition) is 15. The van der Waals surface area contributed by atoms with Crippen molar-refractivity contribution in [1.29, 1.82) is 0 Å². The van der Waals surface area contributed by atoms with Crippen LogP contribution in [-0.4, -0.2) is 99.2 Å². The van der Waals surface area contributed by atoms with Crippen molar-refractivity contribution in [2.75, 3.05) is 24.9 Å². The summed E-state index contributed by atoms with van der Waals surface area (Å²) >= 11 is 2.07. The monoisotopic (exact) mass is 1060 g/mol. The number of carbonyl (C=O) groups is 3. The van der Waals surface area contributed by atoms with Crippen LogP contribution in [0.15, 0.2) is 73.3 Å². The zero-order valence-electron chi connectivity index (χ0n) is 41.0. The summed E-state index contributed by atoms with van der Waals surface area (Å²) in [5.41, 5.74) is 2.16. The highest BCUT2D eigenvalue weighted by Crippen LogP contribution is 2.36. The van der Waals surface area contributed by atoms with Gasteiger partial charge in [-0.25, -0.2) is 34.3 Å². The lowest BCUT2D eigenvalue weighted by atomic mass is 9.89. The van der Waals surface area contributed by atoms with Crippen molar-refractivity contribution in [3.8, 4) is 0 Å². The van der Waals surface area contributed by atoms with Crippen molar-refractivity contribution >= 4 is 72.8 Å². The Hall–Kier alpha value is -6.13. The summed E-state index contributed by atoms with van der Waals surface area (Å²) in [5, 5.41) is 11.6. The minimum absolute atomic E-state index is 0.0607. The van der Waals surface area contributed by atoms with Crippen LogP contribution in [0.5, 0.6) is 0 Å². The first-order valence-corrected chi connectivity index (χ1v) is 25.5. The zero-order chi connectivity index (χ0) is 52.5. The Kier molecular flexibility index (Phi) is 17.8. The van der Waals surface area contributed by atoms with Crippen molar-refractivity contribution in [3.63, 3.8) is 0 Å². The Bertz CT molecular complexity index is 2820. The summed E-state index contributed by atoms with van der Waals surface area (Å²) in [4.78, 5) is 56.8. The van der Waals surface area contributed by atoms with E-state index in [1.54, 1.807) is 47.4 Å². The molecule has 0 spiro atoms. The number of amides is 1. The molecular weight excluding hydrogens is 999 g/mol. The van der Waals surface area contributed by atoms with Gasteiger partial charge in [-0.2, -0.15) is 26.3 Å². The van der Waals surface area contributed by atoms with E-state index in [2.05, 4.69) is 35.9 Å². The molecule has 2 saturated carbocycles. The van der Waals surface area contributed by atoms with Crippen LogP contribution in [0.3, 0.4) is 0 Å². The lowest BCUT2D eigenvalue weighted by Crippen LogP contribution is -2.46. The molecule has 0 saturated heterocycles. The number of methoxy groups -OCH3 is 2. The molecule has 6 aromatic rings. The van der Waals surface area contributed by atoms with E-state index in [9.17, 15) is 40.7 Å². The number of nitrogens with one attached hydrogen (secondary N) is 3. The summed E-state index contributed by atoms with van der Waals surface area (Å²) in [5.74, 6) is 0.286. The van der Waals surface area contributed by atoms with Gasteiger partial charge in [-0.15, -0.1) is 22.7 Å². The maximum atomic E-state index is 13.3. The minimum atomic E-state index is -4.30. The number of esters is 2. The normalized spacial score (nSPS) is 18.3. The van der Waals surface area contributed by atoms with Gasteiger partial charge in [-0.1, -0.05) is 24.3 Å². The number of anilines is 2. The second kappa shape index (κ2) is 23.8. The van der Waals surface area contributed by atoms with Gasteiger partial charge in [0.15, 0.2) is 0 Å². The number of fused-ring (bicyclic) bond motifs is 2. The number of thiophene rings is 2. The third kappa shape index (κ3) is 15.9. The molecule has 0 aliphatic heterocycles. The fourth-order valence-electron chi connectivity index (χ4n) is 8.94. The maximum Gasteiger partial charge on any atom is 0.410 e. The second-order valence-electron chi connectivity index (χ2n) is 19.1. The van der Waals surface area contributed by atoms with Crippen LogP contribution in [-0.2, 0) is 40.1 Å². The number of carbonyl (C=O) groups excluding carboxylic acids is 3. The van der Waals surface area contributed by atoms with Gasteiger partial charge in [-0.05, 0) is 120 Å². The van der Waals surface area contributed by atoms with E-state index in [0.29, 0.717) is 62.2 Å². The van der Waals surface area contributed by atoms with Gasteiger partial charge in [0.2, 0.25) is 0 Å². The predicted octanol–water partition coefficient (Wildman–Crippen LogP) is 11.8. The third-order valence-corrected chi connectivity index (χ3v) is 14.4. The Morgan fingerprint density at radius 3 is 1.59 bits per heavy atom. The molecule has 8 rings (SSSR count). The Morgan fingerprint density at radius 2 is 1.11 bits per heavy atom. The molecule has 14 nitrogen and oxygen atoms in total. The smallest absolute Gasteiger partial charge is 0.410 e. The maximum absolute atomic E-state index is 13.3. The van der Waals surface area contributed by atoms with Crippen LogP contribution in [0.2, 0.25) is 0 Å². The first-order chi connectivity index (χ1) is 34.6. The highest BCUT2D eigenvalue weighted by Gasteiger charge is 2.34. The minimum Gasteiger partial charge on any atom is -0.465 e. The van der Waals surface area contributed by atoms with Crippen LogP contribution < -0.4 is 16.0 Å². The molecular formula is C51H58F6N8O6S2. The van der Waals surface area contributed by atoms with Gasteiger partial charge in [0.25, 0.3) is 0 Å². The molecule has 4 aromatic heterocycles. The Labute approximate surface area is 426 Å². The van der Waals surface area contributed by atoms with Crippen molar-refractivity contribution in [3.05, 3.63) is 105 Å². The summed E-state index contributed by atoms with van der Waals surface area (Å²) in [6.07, 6.45) is -1.25. The SMILES string of the molecule is COC(=O)c1ccc(CN(C(=O)OC(C)(C)C)[C@H]2CCC[C@@H](Nc3ncnc4sc(CC(F)(F)F)cc34)C2)cc1.COC(=O)c1ccc(CN[C@H]2CCC[C@@H](Nc3ncnc4sc(CC(F)(F)F)cc34)C2)cc1. The van der Waals surface area contributed by atoms with Crippen molar-refractivity contribution in [2.24, 2.45) is 0 Å². The summed E-state index contributed by atoms with van der Waals surface area (Å²) in [6.45, 7) is 6.41. The molecule has 2 fully saturated rings. The number of aromatic nitrogens is 4. The molecule has 2 aliphatic rings. The standard InChI is InChI=1S/C28H33F3N4O4S.C23H25F3N4O2S/c1-27(2,3)39-26(37)35(15-17-8-10-18(11-9-17)25(36)38-4)20-7-5-6-19(12-20)34-23-22-13-21(14-28(29,30)31)40-24(22)33-16-32-23;1-32-22(31)15-7-5-14(6-8-15)12-27-16-3-2-4-17(9-16)30-20-19-10-18(11-23(24,25)26)33-21(19)29-13-28-20/h8-11,13,16,19-20H,5-7,12,14-15H2,1-4H3,(H,32,33,34);5-8,10,13,16-17,27H,2-4,9,11-12H2,1H3,(H,28,29,30)/t19-,20+;16-,17+/m10/s1. The third-order valence-electron chi connectivity index (χ3n) is 12.3. The van der Waals surface area contributed by atoms with Crippen molar-refractivity contribution in [1.82, 2.24) is 30.2 Å². The van der Waals surface area contributed by atoms with Crippen molar-refractivity contribution in [2.45, 2.75) is 140 Å². The fraction of sp³-hybridized carbons (Fsp3) is 0.471. The Morgan fingerprint density at radius 1 is 0.644 bits per heavy atom. The number of nitrogens with zero attached hydrogens (tertiary/aromatic N) is 5. The van der Waals surface area contributed by atoms with E-state index in [1.165, 1.54) is 32.9 Å². The number of ether oxygens (including phenoxy) is 3. The first-order valence-electron chi connectivity index (χ1n) is 23.8. The van der Waals surface area contributed by atoms with Crippen LogP contribution in [0, 0.1) is 0 Å². The number of hydrogen-bond donors (Lipinski definition) is 3. The van der Waals surface area contributed by atoms with E-state index in [1.807, 2.05) is 32.9 Å². The predicted molar refractivity (Wildman–Crippen MR) is 268 cm³/mol. The molecule has 3 N–H and O–H groups in total. The number of rotatable bonds is 14. The molecule has 392 valence electrons. The molecule has 0 radical (unpaired) electrons. The van der Waals surface area contributed by atoms with Gasteiger partial charge in [-0.3, -0.25) is 0 Å². The second-order valence-corrected chi connectivity index (χ2v) is 21.4. The average Bonchev–Trinajstić information content (AvgIpc) is 3.95. The van der Waals surface area contributed by atoms with E-state index in [4.69, 9.17) is 14.2 Å². The van der Waals surface area contributed by atoms with E-state index < -0.39 is 42.9 Å². The highest BCUT2D eigenvalue weighted by atomic mass is 32.1. The van der Waals surface area contributed by atoms with Gasteiger partial charge in [0.05, 0.1) is 49.0 Å². The highest BCUT2D eigenvalue weighted by molar-refractivity contribution is 7.19. The van der Waals surface area contributed by atoms with Crippen LogP contribution in [0.4, 0.5) is 42.8 Å². The van der Waals surface area contributed by atoms with Gasteiger partial charge in [0, 0.05) is 47.0 Å². The van der Waals surface area contributed by atoms with Crippen LogP contribution >= 0.6 is 22.7 Å². The van der Waals surface area contributed by atoms with E-state index >= 15 is 0 Å². The van der Waals surface area contributed by atoms with E-state index in [-0.39, 0.29) is 40.4 Å². The molecule has 1 amide bonds. The van der Waals surface area contributed by atoms with Crippen molar-refractivity contribution < 1.29 is 54.9 Å². The number of benzene rings is 2. The summed E-state index contributed by atoms with van der Waals surface area (Å²) in [7, 11) is 2.68. The molecule has 2 aromatic carbocycles. The lowest BCUT2D eigenvalue weighted by Gasteiger charge is -2.38. The zero-order valence-corrected chi connectivity index (χ0v) is 42.6. The fourth-order valence-corrected chi connectivity index (χ4v) is 11.0. The Balaban J connectivity index is 0.000000218. The van der Waals surface area contributed by atoms with Gasteiger partial charge in [0.1, 0.15) is 39.6 Å². The van der Waals surface area contributed by atoms with Crippen LogP contribution in [0.25, 0.3) is 20.4 Å². The first kappa shape index (κ1) is 54.6. The molecule has 4 heterocycles.